The van der Waals surface area contributed by atoms with Crippen molar-refractivity contribution in [2.75, 3.05) is 12.4 Å². The number of imide groups is 1. The van der Waals surface area contributed by atoms with E-state index in [0.29, 0.717) is 17.8 Å². The first-order valence-electron chi connectivity index (χ1n) is 6.06. The lowest BCUT2D eigenvalue weighted by molar-refractivity contribution is -0.146. The van der Waals surface area contributed by atoms with Gasteiger partial charge in [0.05, 0.1) is 0 Å². The summed E-state index contributed by atoms with van der Waals surface area (Å²) in [6.45, 7) is 0. The summed E-state index contributed by atoms with van der Waals surface area (Å²) in [5.41, 5.74) is 7.08. The third-order valence-electron chi connectivity index (χ3n) is 3.23. The summed E-state index contributed by atoms with van der Waals surface area (Å²) >= 11 is 8.33. The molecule has 0 bridgehead atoms. The normalized spacial score (nSPS) is 19.1. The molecular weight excluding hydrogens is 342 g/mol. The van der Waals surface area contributed by atoms with E-state index in [1.807, 2.05) is 6.07 Å². The highest BCUT2D eigenvalue weighted by Gasteiger charge is 2.31. The third kappa shape index (κ3) is 2.99. The van der Waals surface area contributed by atoms with Crippen LogP contribution in [-0.4, -0.2) is 34.8 Å². The van der Waals surface area contributed by atoms with Crippen LogP contribution < -0.4 is 11.1 Å². The van der Waals surface area contributed by atoms with Gasteiger partial charge in [0.25, 0.3) is 5.91 Å². The van der Waals surface area contributed by atoms with Crippen molar-refractivity contribution in [3.63, 3.8) is 0 Å². The Bertz CT molecular complexity index is 591. The minimum Gasteiger partial charge on any atom is -0.389 e. The van der Waals surface area contributed by atoms with Gasteiger partial charge in [0.2, 0.25) is 5.91 Å². The second kappa shape index (κ2) is 5.88. The number of halogens is 1. The zero-order chi connectivity index (χ0) is 14.9. The maximum absolute atomic E-state index is 12.0. The van der Waals surface area contributed by atoms with E-state index in [1.54, 1.807) is 12.1 Å². The van der Waals surface area contributed by atoms with Gasteiger partial charge in [0.15, 0.2) is 0 Å². The van der Waals surface area contributed by atoms with Gasteiger partial charge in [0, 0.05) is 29.2 Å². The van der Waals surface area contributed by atoms with Gasteiger partial charge in [-0.2, -0.15) is 0 Å². The average molecular weight is 356 g/mol. The summed E-state index contributed by atoms with van der Waals surface area (Å²) in [6.07, 6.45) is 0.855. The molecule has 1 aliphatic rings. The maximum Gasteiger partial charge on any atom is 0.251 e. The van der Waals surface area contributed by atoms with E-state index < -0.39 is 6.04 Å². The second-order valence-electron chi connectivity index (χ2n) is 4.59. The molecule has 1 unspecified atom stereocenters. The van der Waals surface area contributed by atoms with Gasteiger partial charge in [-0.15, -0.1) is 0 Å². The first-order valence-corrected chi connectivity index (χ1v) is 7.26. The molecule has 2 amide bonds. The van der Waals surface area contributed by atoms with Crippen molar-refractivity contribution in [1.29, 1.82) is 0 Å². The van der Waals surface area contributed by atoms with E-state index in [0.717, 1.165) is 15.7 Å². The number of nitrogens with one attached hydrogen (secondary N) is 1. The number of piperidine rings is 1. The Morgan fingerprint density at radius 3 is 2.80 bits per heavy atom. The highest BCUT2D eigenvalue weighted by atomic mass is 79.9. The molecule has 1 heterocycles. The number of carbonyl (C=O) groups excluding carboxylic acids is 2. The second-order valence-corrected chi connectivity index (χ2v) is 5.88. The smallest absolute Gasteiger partial charge is 0.251 e. The summed E-state index contributed by atoms with van der Waals surface area (Å²) in [6, 6.07) is 5.00. The summed E-state index contributed by atoms with van der Waals surface area (Å²) < 4.78 is 0.773. The quantitative estimate of drug-likeness (QED) is 0.636. The summed E-state index contributed by atoms with van der Waals surface area (Å²) in [4.78, 5) is 24.9. The Hall–Kier alpha value is -1.47. The van der Waals surface area contributed by atoms with Crippen molar-refractivity contribution in [2.24, 2.45) is 5.73 Å². The Balaban J connectivity index is 2.16. The van der Waals surface area contributed by atoms with Crippen molar-refractivity contribution < 1.29 is 9.59 Å². The fraction of sp³-hybridized carbons (Fsp3) is 0.308. The lowest BCUT2D eigenvalue weighted by Crippen LogP contribution is -2.48. The monoisotopic (exact) mass is 355 g/mol. The fourth-order valence-electron chi connectivity index (χ4n) is 2.02. The third-order valence-corrected chi connectivity index (χ3v) is 4.12. The molecule has 1 fully saturated rings. The molecule has 2 rings (SSSR count). The van der Waals surface area contributed by atoms with Gasteiger partial charge in [-0.1, -0.05) is 12.2 Å². The topological polar surface area (TPSA) is 75.4 Å². The van der Waals surface area contributed by atoms with Gasteiger partial charge in [-0.3, -0.25) is 14.5 Å². The van der Waals surface area contributed by atoms with Crippen molar-refractivity contribution in [3.8, 4) is 0 Å². The SMILES string of the molecule is CN1C(=O)CCC(Nc2ccc(C(N)=S)cc2Br)C1=O. The molecule has 3 N–H and O–H groups in total. The lowest BCUT2D eigenvalue weighted by Gasteiger charge is -2.29. The maximum atomic E-state index is 12.0. The van der Waals surface area contributed by atoms with Crippen LogP contribution in [0.15, 0.2) is 22.7 Å². The number of nitrogens with two attached hydrogens (primary N) is 1. The van der Waals surface area contributed by atoms with Crippen molar-refractivity contribution in [1.82, 2.24) is 4.90 Å². The molecule has 0 aromatic heterocycles. The zero-order valence-electron chi connectivity index (χ0n) is 10.9. The van der Waals surface area contributed by atoms with E-state index in [1.165, 1.54) is 11.9 Å². The molecule has 1 aliphatic heterocycles. The highest BCUT2D eigenvalue weighted by Crippen LogP contribution is 2.26. The molecule has 0 spiro atoms. The number of thiocarbonyl (C=S) groups is 1. The number of likely N-dealkylation sites (tertiary alicyclic amines) is 1. The van der Waals surface area contributed by atoms with Crippen LogP contribution in [0.2, 0.25) is 0 Å². The van der Waals surface area contributed by atoms with Crippen LogP contribution in [0, 0.1) is 0 Å². The van der Waals surface area contributed by atoms with E-state index >= 15 is 0 Å². The number of hydrogen-bond acceptors (Lipinski definition) is 4. The van der Waals surface area contributed by atoms with Crippen LogP contribution in [0.3, 0.4) is 0 Å². The predicted octanol–water partition coefficient (Wildman–Crippen LogP) is 1.64. The van der Waals surface area contributed by atoms with Crippen molar-refractivity contribution in [3.05, 3.63) is 28.2 Å². The van der Waals surface area contributed by atoms with Gasteiger partial charge in [-0.25, -0.2) is 0 Å². The molecule has 0 saturated carbocycles. The summed E-state index contributed by atoms with van der Waals surface area (Å²) in [7, 11) is 1.50. The van der Waals surface area contributed by atoms with Crippen LogP contribution in [-0.2, 0) is 9.59 Å². The molecule has 0 aliphatic carbocycles. The Morgan fingerprint density at radius 2 is 2.20 bits per heavy atom. The van der Waals surface area contributed by atoms with Crippen LogP contribution >= 0.6 is 28.1 Å². The number of nitrogens with zero attached hydrogens (tertiary/aromatic N) is 1. The van der Waals surface area contributed by atoms with Crippen LogP contribution in [0.5, 0.6) is 0 Å². The molecule has 1 aromatic rings. The van der Waals surface area contributed by atoms with E-state index in [9.17, 15) is 9.59 Å². The Kier molecular flexibility index (Phi) is 4.39. The molecule has 20 heavy (non-hydrogen) atoms. The van der Waals surface area contributed by atoms with Gasteiger partial charge in [-0.05, 0) is 40.5 Å². The minimum atomic E-state index is -0.398. The van der Waals surface area contributed by atoms with Crippen molar-refractivity contribution in [2.45, 2.75) is 18.9 Å². The number of hydrogen-bond donors (Lipinski definition) is 2. The van der Waals surface area contributed by atoms with Crippen LogP contribution in [0.25, 0.3) is 0 Å². The number of likely N-dealkylation sites (N-methyl/N-ethyl adjacent to an activating group) is 1. The number of anilines is 1. The molecule has 5 nitrogen and oxygen atoms in total. The van der Waals surface area contributed by atoms with Gasteiger partial charge >= 0.3 is 0 Å². The fourth-order valence-corrected chi connectivity index (χ4v) is 2.64. The largest absolute Gasteiger partial charge is 0.389 e. The van der Waals surface area contributed by atoms with E-state index in [-0.39, 0.29) is 11.8 Å². The molecule has 1 aromatic carbocycles. The van der Waals surface area contributed by atoms with E-state index in [2.05, 4.69) is 21.2 Å². The molecule has 7 heteroatoms. The lowest BCUT2D eigenvalue weighted by atomic mass is 10.0. The molecule has 0 radical (unpaired) electrons. The summed E-state index contributed by atoms with van der Waals surface area (Å²) in [5, 5.41) is 3.14. The Labute approximate surface area is 130 Å². The van der Waals surface area contributed by atoms with Crippen LogP contribution in [0.1, 0.15) is 18.4 Å². The highest BCUT2D eigenvalue weighted by molar-refractivity contribution is 9.10. The van der Waals surface area contributed by atoms with Gasteiger partial charge < -0.3 is 11.1 Å². The average Bonchev–Trinajstić information content (AvgIpc) is 2.41. The zero-order valence-corrected chi connectivity index (χ0v) is 13.3. The molecule has 1 saturated heterocycles. The molecule has 106 valence electrons. The minimum absolute atomic E-state index is 0.143. The van der Waals surface area contributed by atoms with Crippen molar-refractivity contribution >= 4 is 50.6 Å². The summed E-state index contributed by atoms with van der Waals surface area (Å²) in [5.74, 6) is -0.359. The predicted molar refractivity (Wildman–Crippen MR) is 84.5 cm³/mol. The number of benzene rings is 1. The van der Waals surface area contributed by atoms with E-state index in [4.69, 9.17) is 18.0 Å². The van der Waals surface area contributed by atoms with Gasteiger partial charge in [0.1, 0.15) is 11.0 Å². The standard InChI is InChI=1S/C13H14BrN3O2S/c1-17-11(18)5-4-10(13(17)19)16-9-3-2-7(12(15)20)6-8(9)14/h2-3,6,10,16H,4-5H2,1H3,(H2,15,20). The Morgan fingerprint density at radius 1 is 1.50 bits per heavy atom. The number of amides is 2. The molecular formula is C13H14BrN3O2S. The first-order chi connectivity index (χ1) is 9.40. The van der Waals surface area contributed by atoms with Crippen LogP contribution in [0.4, 0.5) is 5.69 Å². The first kappa shape index (κ1) is 14.9. The molecule has 1 atom stereocenters. The number of rotatable bonds is 3. The number of carbonyl (C=O) groups is 2.